The summed E-state index contributed by atoms with van der Waals surface area (Å²) in [5.41, 5.74) is 1.96. The average Bonchev–Trinajstić information content (AvgIpc) is 3.04. The molecule has 0 saturated carbocycles. The van der Waals surface area contributed by atoms with E-state index in [1.54, 1.807) is 7.11 Å². The summed E-state index contributed by atoms with van der Waals surface area (Å²) in [6.07, 6.45) is 7.23. The largest absolute Gasteiger partial charge is 0.468 e. The molecule has 1 aliphatic rings. The van der Waals surface area contributed by atoms with Gasteiger partial charge in [-0.25, -0.2) is 4.68 Å². The van der Waals surface area contributed by atoms with Gasteiger partial charge in [0.15, 0.2) is 6.79 Å². The molecule has 1 atom stereocenters. The summed E-state index contributed by atoms with van der Waals surface area (Å²) in [7, 11) is 1.60. The van der Waals surface area contributed by atoms with Gasteiger partial charge in [0.1, 0.15) is 12.0 Å². The molecule has 3 rings (SSSR count). The maximum absolute atomic E-state index is 5.74. The molecular formula is C16H19N2O3. The maximum Gasteiger partial charge on any atom is 0.188 e. The zero-order chi connectivity index (χ0) is 14.5. The second-order valence-electron chi connectivity index (χ2n) is 5.02. The fraction of sp³-hybridized carbons (Fsp3) is 0.438. The van der Waals surface area contributed by atoms with E-state index in [1.165, 1.54) is 6.42 Å². The van der Waals surface area contributed by atoms with Crippen LogP contribution in [0.4, 0.5) is 0 Å². The van der Waals surface area contributed by atoms with Crippen molar-refractivity contribution in [3.63, 3.8) is 0 Å². The van der Waals surface area contributed by atoms with Crippen LogP contribution in [-0.2, 0) is 9.47 Å². The normalized spacial score (nSPS) is 18.6. The third kappa shape index (κ3) is 3.43. The molecule has 2 aromatic rings. The fourth-order valence-electron chi connectivity index (χ4n) is 2.40. The van der Waals surface area contributed by atoms with E-state index in [0.29, 0.717) is 0 Å². The molecule has 1 aromatic heterocycles. The predicted molar refractivity (Wildman–Crippen MR) is 77.8 cm³/mol. The smallest absolute Gasteiger partial charge is 0.188 e. The molecule has 0 amide bonds. The number of aromatic nitrogens is 2. The first-order chi connectivity index (χ1) is 10.4. The number of benzene rings is 1. The van der Waals surface area contributed by atoms with Crippen LogP contribution in [0.1, 0.15) is 25.5 Å². The van der Waals surface area contributed by atoms with Gasteiger partial charge in [-0.2, -0.15) is 5.10 Å². The molecule has 21 heavy (non-hydrogen) atoms. The molecule has 5 heteroatoms. The van der Waals surface area contributed by atoms with Crippen LogP contribution in [0.2, 0.25) is 0 Å². The Morgan fingerprint density at radius 3 is 3.24 bits per heavy atom. The molecule has 1 saturated heterocycles. The van der Waals surface area contributed by atoms with Gasteiger partial charge in [-0.15, -0.1) is 0 Å². The number of nitrogens with zero attached hydrogens (tertiary/aromatic N) is 2. The first kappa shape index (κ1) is 14.1. The highest BCUT2D eigenvalue weighted by atomic mass is 16.7. The molecule has 1 radical (unpaired) electrons. The number of ether oxygens (including phenoxy) is 3. The Bertz CT molecular complexity index is 576. The predicted octanol–water partition coefficient (Wildman–Crippen LogP) is 3.03. The summed E-state index contributed by atoms with van der Waals surface area (Å²) in [5, 5.41) is 4.41. The minimum Gasteiger partial charge on any atom is -0.468 e. The van der Waals surface area contributed by atoms with Gasteiger partial charge in [0.25, 0.3) is 0 Å². The molecule has 1 aromatic carbocycles. The van der Waals surface area contributed by atoms with Crippen molar-refractivity contribution in [2.45, 2.75) is 25.5 Å². The minimum absolute atomic E-state index is 0.0559. The minimum atomic E-state index is 0.0559. The van der Waals surface area contributed by atoms with Gasteiger partial charge in [0.05, 0.1) is 6.20 Å². The van der Waals surface area contributed by atoms with Gasteiger partial charge in [-0.1, -0.05) is 6.07 Å². The van der Waals surface area contributed by atoms with Crippen LogP contribution >= 0.6 is 0 Å². The van der Waals surface area contributed by atoms with Crippen molar-refractivity contribution in [1.82, 2.24) is 9.78 Å². The Morgan fingerprint density at radius 2 is 2.43 bits per heavy atom. The Morgan fingerprint density at radius 1 is 1.48 bits per heavy atom. The number of hydrogen-bond donors (Lipinski definition) is 0. The summed E-state index contributed by atoms with van der Waals surface area (Å²) in [6.45, 7) is 1.05. The lowest BCUT2D eigenvalue weighted by Gasteiger charge is -2.22. The van der Waals surface area contributed by atoms with Gasteiger partial charge in [-0.05, 0) is 43.0 Å². The van der Waals surface area contributed by atoms with E-state index in [4.69, 9.17) is 14.2 Å². The van der Waals surface area contributed by atoms with Crippen LogP contribution in [0.25, 0.3) is 11.1 Å². The molecule has 0 bridgehead atoms. The van der Waals surface area contributed by atoms with Crippen LogP contribution in [0.15, 0.2) is 30.6 Å². The van der Waals surface area contributed by atoms with Gasteiger partial charge < -0.3 is 14.2 Å². The van der Waals surface area contributed by atoms with Crippen molar-refractivity contribution in [3.05, 3.63) is 36.7 Å². The van der Waals surface area contributed by atoms with Crippen LogP contribution in [0.3, 0.4) is 0 Å². The van der Waals surface area contributed by atoms with Crippen molar-refractivity contribution in [2.24, 2.45) is 0 Å². The van der Waals surface area contributed by atoms with Crippen molar-refractivity contribution in [3.8, 4) is 16.9 Å². The highest BCUT2D eigenvalue weighted by molar-refractivity contribution is 5.62. The van der Waals surface area contributed by atoms with Gasteiger partial charge in [-0.3, -0.25) is 0 Å². The molecule has 1 unspecified atom stereocenters. The number of rotatable bonds is 5. The van der Waals surface area contributed by atoms with Crippen molar-refractivity contribution >= 4 is 0 Å². The van der Waals surface area contributed by atoms with Gasteiger partial charge >= 0.3 is 0 Å². The summed E-state index contributed by atoms with van der Waals surface area (Å²) < 4.78 is 18.0. The van der Waals surface area contributed by atoms with Crippen molar-refractivity contribution < 1.29 is 14.2 Å². The van der Waals surface area contributed by atoms with Crippen molar-refractivity contribution in [1.29, 1.82) is 0 Å². The molecule has 2 heterocycles. The standard InChI is InChI=1S/C16H19N2O3/c1-19-12-21-15-6-4-5-13(9-15)14-10-17-18(11-14)16-7-2-3-8-20-16/h4,6,9-11,16H,2-3,7-8,12H2,1H3. The lowest BCUT2D eigenvalue weighted by molar-refractivity contribution is -0.0394. The highest BCUT2D eigenvalue weighted by Crippen LogP contribution is 2.26. The zero-order valence-electron chi connectivity index (χ0n) is 12.1. The van der Waals surface area contributed by atoms with Crippen LogP contribution < -0.4 is 4.74 Å². The average molecular weight is 287 g/mol. The van der Waals surface area contributed by atoms with Crippen LogP contribution in [0.5, 0.6) is 5.75 Å². The highest BCUT2D eigenvalue weighted by Gasteiger charge is 2.16. The topological polar surface area (TPSA) is 45.5 Å². The van der Waals surface area contributed by atoms with Crippen molar-refractivity contribution in [2.75, 3.05) is 20.5 Å². The molecule has 111 valence electrons. The Balaban J connectivity index is 1.76. The van der Waals surface area contributed by atoms with E-state index < -0.39 is 0 Å². The van der Waals surface area contributed by atoms with Crippen LogP contribution in [-0.4, -0.2) is 30.3 Å². The number of methoxy groups -OCH3 is 1. The molecule has 1 aliphatic heterocycles. The third-order valence-corrected chi connectivity index (χ3v) is 3.48. The Hall–Kier alpha value is -1.85. The third-order valence-electron chi connectivity index (χ3n) is 3.48. The second kappa shape index (κ2) is 6.74. The zero-order valence-corrected chi connectivity index (χ0v) is 12.1. The lowest BCUT2D eigenvalue weighted by atomic mass is 10.1. The summed E-state index contributed by atoms with van der Waals surface area (Å²) in [5.74, 6) is 0.757. The summed E-state index contributed by atoms with van der Waals surface area (Å²) >= 11 is 0. The van der Waals surface area contributed by atoms with E-state index in [-0.39, 0.29) is 13.0 Å². The van der Waals surface area contributed by atoms with Gasteiger partial charge in [0.2, 0.25) is 0 Å². The second-order valence-corrected chi connectivity index (χ2v) is 5.02. The van der Waals surface area contributed by atoms with Gasteiger partial charge in [0, 0.05) is 25.5 Å². The SMILES string of the molecule is COCOc1cc[c]c(-c2cnn(C3CCCCO3)c2)c1. The van der Waals surface area contributed by atoms with E-state index in [9.17, 15) is 0 Å². The number of hydrogen-bond acceptors (Lipinski definition) is 4. The molecule has 0 spiro atoms. The van der Waals surface area contributed by atoms with E-state index in [2.05, 4.69) is 11.2 Å². The quantitative estimate of drug-likeness (QED) is 0.793. The first-order valence-electron chi connectivity index (χ1n) is 7.16. The maximum atomic E-state index is 5.74. The molecular weight excluding hydrogens is 268 g/mol. The van der Waals surface area contributed by atoms with E-state index in [0.717, 1.165) is 36.3 Å². The lowest BCUT2D eigenvalue weighted by Crippen LogP contribution is -2.18. The molecule has 1 fully saturated rings. The van der Waals surface area contributed by atoms with E-state index in [1.807, 2.05) is 35.3 Å². The Labute approximate surface area is 124 Å². The monoisotopic (exact) mass is 287 g/mol. The van der Waals surface area contributed by atoms with Crippen LogP contribution in [0, 0.1) is 6.07 Å². The molecule has 0 aliphatic carbocycles. The summed E-state index contributed by atoms with van der Waals surface area (Å²) in [6, 6.07) is 8.84. The van der Waals surface area contributed by atoms with E-state index >= 15 is 0 Å². The summed E-state index contributed by atoms with van der Waals surface area (Å²) in [4.78, 5) is 0. The molecule has 0 N–H and O–H groups in total. The molecule has 5 nitrogen and oxygen atoms in total. The Kier molecular flexibility index (Phi) is 4.52. The first-order valence-corrected chi connectivity index (χ1v) is 7.16. The fourth-order valence-corrected chi connectivity index (χ4v) is 2.40.